The van der Waals surface area contributed by atoms with E-state index in [9.17, 15) is 0 Å². The molecule has 5 nitrogen and oxygen atoms in total. The van der Waals surface area contributed by atoms with Crippen molar-refractivity contribution < 1.29 is 0 Å². The van der Waals surface area contributed by atoms with Crippen molar-refractivity contribution in [2.75, 3.05) is 5.73 Å². The number of hydrogen-bond donors (Lipinski definition) is 1. The summed E-state index contributed by atoms with van der Waals surface area (Å²) in [7, 11) is 1.93. The van der Waals surface area contributed by atoms with Crippen LogP contribution in [0.1, 0.15) is 45.6 Å². The lowest BCUT2D eigenvalue weighted by molar-refractivity contribution is 0.498. The number of nitrogens with zero attached hydrogens (tertiary/aromatic N) is 4. The van der Waals surface area contributed by atoms with Crippen LogP contribution in [0.3, 0.4) is 0 Å². The zero-order valence-corrected chi connectivity index (χ0v) is 13.4. The van der Waals surface area contributed by atoms with E-state index in [4.69, 9.17) is 10.7 Å². The molecule has 0 saturated heterocycles. The van der Waals surface area contributed by atoms with Crippen molar-refractivity contribution in [2.45, 2.75) is 53.0 Å². The molecule has 2 N–H and O–H groups in total. The van der Waals surface area contributed by atoms with Crippen molar-refractivity contribution in [1.29, 1.82) is 0 Å². The number of aromatic nitrogens is 4. The number of aryl methyl sites for hydroxylation is 1. The summed E-state index contributed by atoms with van der Waals surface area (Å²) in [5.74, 6) is 1.78. The number of nitrogen functional groups attached to an aromatic ring is 1. The van der Waals surface area contributed by atoms with Crippen molar-refractivity contribution in [1.82, 2.24) is 19.3 Å². The molecule has 0 saturated carbocycles. The average molecular weight is 275 g/mol. The highest BCUT2D eigenvalue weighted by Crippen LogP contribution is 2.33. The molecule has 0 radical (unpaired) electrons. The van der Waals surface area contributed by atoms with E-state index >= 15 is 0 Å². The van der Waals surface area contributed by atoms with Crippen molar-refractivity contribution >= 4 is 5.82 Å². The van der Waals surface area contributed by atoms with Gasteiger partial charge in [-0.25, -0.2) is 4.98 Å². The van der Waals surface area contributed by atoms with E-state index in [1.807, 2.05) is 24.9 Å². The van der Waals surface area contributed by atoms with Gasteiger partial charge in [0.1, 0.15) is 17.3 Å². The summed E-state index contributed by atoms with van der Waals surface area (Å²) in [5.41, 5.74) is 9.29. The van der Waals surface area contributed by atoms with Crippen LogP contribution in [-0.4, -0.2) is 19.3 Å². The smallest absolute Gasteiger partial charge is 0.131 e. The molecule has 2 aromatic rings. The highest BCUT2D eigenvalue weighted by molar-refractivity contribution is 5.72. The molecule has 0 aromatic carbocycles. The highest BCUT2D eigenvalue weighted by atomic mass is 15.3. The molecule has 20 heavy (non-hydrogen) atoms. The molecule has 110 valence electrons. The van der Waals surface area contributed by atoms with Crippen molar-refractivity contribution in [3.05, 3.63) is 17.7 Å². The summed E-state index contributed by atoms with van der Waals surface area (Å²) in [4.78, 5) is 4.83. The summed E-state index contributed by atoms with van der Waals surface area (Å²) in [6.07, 6.45) is 2.88. The van der Waals surface area contributed by atoms with Gasteiger partial charge in [0, 0.05) is 30.3 Å². The molecule has 5 heteroatoms. The molecule has 0 aliphatic rings. The Morgan fingerprint density at radius 3 is 2.40 bits per heavy atom. The van der Waals surface area contributed by atoms with Gasteiger partial charge in [-0.05, 0) is 13.3 Å². The Kier molecular flexibility index (Phi) is 3.63. The van der Waals surface area contributed by atoms with Crippen LogP contribution in [0.25, 0.3) is 11.3 Å². The minimum Gasteiger partial charge on any atom is -0.383 e. The van der Waals surface area contributed by atoms with Gasteiger partial charge in [-0.15, -0.1) is 0 Å². The van der Waals surface area contributed by atoms with Gasteiger partial charge in [-0.1, -0.05) is 27.7 Å². The molecule has 2 heterocycles. The Morgan fingerprint density at radius 1 is 1.30 bits per heavy atom. The Morgan fingerprint density at radius 2 is 1.95 bits per heavy atom. The Hall–Kier alpha value is -1.78. The third-order valence-corrected chi connectivity index (χ3v) is 3.62. The monoisotopic (exact) mass is 275 g/mol. The standard InChI is InChI=1S/C15H25N5/c1-7-8-20-13(16)12(18-14(20)15(3,4)5)11-9-17-19(6)10(11)2/h9H,7-8,16H2,1-6H3. The van der Waals surface area contributed by atoms with Crippen molar-refractivity contribution in [2.24, 2.45) is 7.05 Å². The second kappa shape index (κ2) is 4.96. The molecule has 0 spiro atoms. The van der Waals surface area contributed by atoms with Crippen LogP contribution < -0.4 is 5.73 Å². The van der Waals surface area contributed by atoms with Gasteiger partial charge in [0.25, 0.3) is 0 Å². The topological polar surface area (TPSA) is 61.7 Å². The molecular formula is C15H25N5. The third-order valence-electron chi connectivity index (χ3n) is 3.62. The molecular weight excluding hydrogens is 250 g/mol. The first-order chi connectivity index (χ1) is 9.27. The lowest BCUT2D eigenvalue weighted by atomic mass is 9.95. The number of hydrogen-bond acceptors (Lipinski definition) is 3. The first-order valence-electron chi connectivity index (χ1n) is 7.12. The zero-order chi connectivity index (χ0) is 15.1. The van der Waals surface area contributed by atoms with E-state index in [1.165, 1.54) is 0 Å². The van der Waals surface area contributed by atoms with Crippen LogP contribution in [0.15, 0.2) is 6.20 Å². The lowest BCUT2D eigenvalue weighted by Crippen LogP contribution is -2.19. The summed E-state index contributed by atoms with van der Waals surface area (Å²) in [6, 6.07) is 0. The van der Waals surface area contributed by atoms with Gasteiger partial charge < -0.3 is 10.3 Å². The fourth-order valence-electron chi connectivity index (χ4n) is 2.42. The molecule has 0 aliphatic heterocycles. The van der Waals surface area contributed by atoms with Crippen LogP contribution in [0.4, 0.5) is 5.82 Å². The minimum atomic E-state index is -0.0301. The molecule has 0 atom stereocenters. The second-order valence-electron chi connectivity index (χ2n) is 6.34. The summed E-state index contributed by atoms with van der Waals surface area (Å²) >= 11 is 0. The maximum Gasteiger partial charge on any atom is 0.131 e. The van der Waals surface area contributed by atoms with Crippen LogP contribution in [0.2, 0.25) is 0 Å². The SMILES string of the molecule is CCCn1c(C(C)(C)C)nc(-c2cnn(C)c2C)c1N. The Labute approximate surface area is 120 Å². The van der Waals surface area contributed by atoms with Crippen molar-refractivity contribution in [3.63, 3.8) is 0 Å². The Balaban J connectivity index is 2.64. The predicted octanol–water partition coefficient (Wildman–Crippen LogP) is 2.88. The van der Waals surface area contributed by atoms with Crippen LogP contribution in [-0.2, 0) is 19.0 Å². The molecule has 0 fully saturated rings. The minimum absolute atomic E-state index is 0.0301. The molecule has 2 rings (SSSR count). The van der Waals surface area contributed by atoms with Crippen LogP contribution in [0.5, 0.6) is 0 Å². The molecule has 0 aliphatic carbocycles. The van der Waals surface area contributed by atoms with Gasteiger partial charge in [-0.3, -0.25) is 4.68 Å². The van der Waals surface area contributed by atoms with Gasteiger partial charge in [-0.2, -0.15) is 5.10 Å². The predicted molar refractivity (Wildman–Crippen MR) is 82.6 cm³/mol. The number of rotatable bonds is 3. The largest absolute Gasteiger partial charge is 0.383 e. The maximum atomic E-state index is 6.36. The Bertz CT molecular complexity index is 613. The van der Waals surface area contributed by atoms with Gasteiger partial charge in [0.15, 0.2) is 0 Å². The fraction of sp³-hybridized carbons (Fsp3) is 0.600. The number of nitrogens with two attached hydrogens (primary N) is 1. The summed E-state index contributed by atoms with van der Waals surface area (Å²) in [5, 5.41) is 4.29. The first-order valence-corrected chi connectivity index (χ1v) is 7.12. The maximum absolute atomic E-state index is 6.36. The van der Waals surface area contributed by atoms with E-state index in [0.29, 0.717) is 0 Å². The number of imidazole rings is 1. The number of anilines is 1. The zero-order valence-electron chi connectivity index (χ0n) is 13.4. The summed E-state index contributed by atoms with van der Waals surface area (Å²) in [6.45, 7) is 11.6. The van der Waals surface area contributed by atoms with E-state index in [-0.39, 0.29) is 5.41 Å². The van der Waals surface area contributed by atoms with Crippen LogP contribution >= 0.6 is 0 Å². The van der Waals surface area contributed by atoms with Gasteiger partial charge >= 0.3 is 0 Å². The van der Waals surface area contributed by atoms with E-state index in [0.717, 1.165) is 41.6 Å². The van der Waals surface area contributed by atoms with E-state index < -0.39 is 0 Å². The highest BCUT2D eigenvalue weighted by Gasteiger charge is 2.26. The molecule has 0 unspecified atom stereocenters. The van der Waals surface area contributed by atoms with E-state index in [1.54, 1.807) is 0 Å². The van der Waals surface area contributed by atoms with Gasteiger partial charge in [0.05, 0.1) is 6.20 Å². The lowest BCUT2D eigenvalue weighted by Gasteiger charge is -2.19. The average Bonchev–Trinajstić information content (AvgIpc) is 2.83. The molecule has 0 amide bonds. The normalized spacial score (nSPS) is 12.1. The summed E-state index contributed by atoms with van der Waals surface area (Å²) < 4.78 is 3.99. The van der Waals surface area contributed by atoms with E-state index in [2.05, 4.69) is 37.4 Å². The third kappa shape index (κ3) is 2.32. The van der Waals surface area contributed by atoms with Gasteiger partial charge in [0.2, 0.25) is 0 Å². The molecule has 2 aromatic heterocycles. The first kappa shape index (κ1) is 14.6. The fourth-order valence-corrected chi connectivity index (χ4v) is 2.42. The van der Waals surface area contributed by atoms with Crippen LogP contribution in [0, 0.1) is 6.92 Å². The molecule has 0 bridgehead atoms. The van der Waals surface area contributed by atoms with Crippen molar-refractivity contribution in [3.8, 4) is 11.3 Å². The quantitative estimate of drug-likeness (QED) is 0.937. The second-order valence-corrected chi connectivity index (χ2v) is 6.34.